The van der Waals surface area contributed by atoms with E-state index in [2.05, 4.69) is 9.55 Å². The maximum Gasteiger partial charge on any atom is 0.123 e. The summed E-state index contributed by atoms with van der Waals surface area (Å²) < 4.78 is 34.0. The Morgan fingerprint density at radius 2 is 1.42 bits per heavy atom. The lowest BCUT2D eigenvalue weighted by molar-refractivity contribution is 0.306. The van der Waals surface area contributed by atoms with Crippen LogP contribution in [-0.2, 0) is 6.61 Å². The highest BCUT2D eigenvalue weighted by atomic mass is 19.1. The number of aromatic amines is 1. The Bertz CT molecular complexity index is 1620. The van der Waals surface area contributed by atoms with Gasteiger partial charge in [-0.1, -0.05) is 30.3 Å². The third-order valence-corrected chi connectivity index (χ3v) is 6.01. The Hall–Kier alpha value is -4.38. The average Bonchev–Trinajstić information content (AvgIpc) is 3.41. The fraction of sp³-hybridized carbons (Fsp3) is 0.0968. The van der Waals surface area contributed by atoms with Gasteiger partial charge in [-0.15, -0.1) is 0 Å². The molecular formula is C31H26F2N2O. The highest BCUT2D eigenvalue weighted by molar-refractivity contribution is 5.83. The Morgan fingerprint density at radius 1 is 0.722 bits per heavy atom. The first kappa shape index (κ1) is 23.4. The van der Waals surface area contributed by atoms with Crippen LogP contribution in [0.1, 0.15) is 17.0 Å². The van der Waals surface area contributed by atoms with Gasteiger partial charge in [-0.25, -0.2) is 8.78 Å². The molecule has 0 atom stereocenters. The Balaban J connectivity index is 0.000000202. The molecule has 0 saturated carbocycles. The highest BCUT2D eigenvalue weighted by Crippen LogP contribution is 2.26. The van der Waals surface area contributed by atoms with Gasteiger partial charge in [0.2, 0.25) is 0 Å². The predicted molar refractivity (Wildman–Crippen MR) is 142 cm³/mol. The van der Waals surface area contributed by atoms with Crippen LogP contribution < -0.4 is 4.74 Å². The van der Waals surface area contributed by atoms with Crippen molar-refractivity contribution in [2.75, 3.05) is 0 Å². The minimum Gasteiger partial charge on any atom is -0.489 e. The Labute approximate surface area is 208 Å². The average molecular weight is 481 g/mol. The van der Waals surface area contributed by atoms with Crippen molar-refractivity contribution in [1.29, 1.82) is 0 Å². The van der Waals surface area contributed by atoms with Crippen molar-refractivity contribution in [2.45, 2.75) is 20.5 Å². The Morgan fingerprint density at radius 3 is 2.17 bits per heavy atom. The number of ether oxygens (including phenoxy) is 1. The normalized spacial score (nSPS) is 10.9. The maximum absolute atomic E-state index is 13.4. The third kappa shape index (κ3) is 5.15. The van der Waals surface area contributed by atoms with Gasteiger partial charge in [0, 0.05) is 33.4 Å². The van der Waals surface area contributed by atoms with Crippen LogP contribution >= 0.6 is 0 Å². The van der Waals surface area contributed by atoms with E-state index >= 15 is 0 Å². The van der Waals surface area contributed by atoms with Gasteiger partial charge in [-0.05, 0) is 92.2 Å². The zero-order valence-corrected chi connectivity index (χ0v) is 20.1. The van der Waals surface area contributed by atoms with Crippen LogP contribution in [0.5, 0.6) is 5.75 Å². The van der Waals surface area contributed by atoms with Gasteiger partial charge < -0.3 is 14.3 Å². The minimum absolute atomic E-state index is 0.184. The van der Waals surface area contributed by atoms with Crippen molar-refractivity contribution >= 4 is 21.8 Å². The van der Waals surface area contributed by atoms with Gasteiger partial charge >= 0.3 is 0 Å². The zero-order valence-electron chi connectivity index (χ0n) is 20.1. The van der Waals surface area contributed by atoms with E-state index < -0.39 is 0 Å². The maximum atomic E-state index is 13.4. The predicted octanol–water partition coefficient (Wildman–Crippen LogP) is 8.27. The number of rotatable bonds is 4. The summed E-state index contributed by atoms with van der Waals surface area (Å²) in [4.78, 5) is 3.12. The molecule has 180 valence electrons. The molecule has 36 heavy (non-hydrogen) atoms. The number of H-pyrrole nitrogens is 1. The standard InChI is InChI=1S/C22H18FNO.C9H8FN/c1-16-13-18-14-19(23)7-12-22(18)24(16)20-8-10-21(11-9-20)25-15-17-5-3-2-4-6-17;1-6-4-7-5-8(10)2-3-9(7)11-6/h2-14H,15H2,1H3;2-5,11H,1H3. The summed E-state index contributed by atoms with van der Waals surface area (Å²) in [6.07, 6.45) is 0. The van der Waals surface area contributed by atoms with Gasteiger partial charge in [0.05, 0.1) is 5.52 Å². The number of hydrogen-bond acceptors (Lipinski definition) is 1. The molecule has 0 bridgehead atoms. The van der Waals surface area contributed by atoms with E-state index in [1.165, 1.54) is 18.2 Å². The molecule has 0 saturated heterocycles. The quantitative estimate of drug-likeness (QED) is 0.270. The number of aromatic nitrogens is 2. The molecule has 0 unspecified atom stereocenters. The summed E-state index contributed by atoms with van der Waals surface area (Å²) in [5.74, 6) is 0.429. The molecule has 2 heterocycles. The highest BCUT2D eigenvalue weighted by Gasteiger charge is 2.08. The number of halogens is 2. The number of nitrogens with one attached hydrogen (secondary N) is 1. The van der Waals surface area contributed by atoms with Gasteiger partial charge in [0.1, 0.15) is 24.0 Å². The van der Waals surface area contributed by atoms with Crippen molar-refractivity contribution in [3.8, 4) is 11.4 Å². The summed E-state index contributed by atoms with van der Waals surface area (Å²) in [6, 6.07) is 31.6. The molecule has 6 rings (SSSR count). The fourth-order valence-corrected chi connectivity index (χ4v) is 4.35. The molecule has 4 aromatic carbocycles. The molecule has 0 radical (unpaired) electrons. The van der Waals surface area contributed by atoms with Crippen LogP contribution in [0.25, 0.3) is 27.5 Å². The van der Waals surface area contributed by atoms with E-state index in [0.717, 1.165) is 50.2 Å². The van der Waals surface area contributed by atoms with E-state index in [0.29, 0.717) is 6.61 Å². The topological polar surface area (TPSA) is 29.9 Å². The molecule has 0 amide bonds. The molecular weight excluding hydrogens is 454 g/mol. The van der Waals surface area contributed by atoms with Gasteiger partial charge in [0.15, 0.2) is 0 Å². The van der Waals surface area contributed by atoms with E-state index in [1.807, 2.05) is 86.6 Å². The van der Waals surface area contributed by atoms with E-state index in [-0.39, 0.29) is 11.6 Å². The van der Waals surface area contributed by atoms with E-state index in [9.17, 15) is 8.78 Å². The second kappa shape index (κ2) is 10.1. The van der Waals surface area contributed by atoms with Crippen LogP contribution in [0.4, 0.5) is 8.78 Å². The number of benzene rings is 4. The summed E-state index contributed by atoms with van der Waals surface area (Å²) >= 11 is 0. The molecule has 1 N–H and O–H groups in total. The molecule has 0 aliphatic heterocycles. The van der Waals surface area contributed by atoms with Gasteiger partial charge in [-0.2, -0.15) is 0 Å². The first-order chi connectivity index (χ1) is 17.5. The second-order valence-corrected chi connectivity index (χ2v) is 8.78. The van der Waals surface area contributed by atoms with Crippen molar-refractivity contribution in [3.63, 3.8) is 0 Å². The summed E-state index contributed by atoms with van der Waals surface area (Å²) in [7, 11) is 0. The molecule has 0 spiro atoms. The molecule has 5 heteroatoms. The minimum atomic E-state index is -0.214. The van der Waals surface area contributed by atoms with E-state index in [1.54, 1.807) is 12.1 Å². The number of aryl methyl sites for hydroxylation is 2. The number of hydrogen-bond donors (Lipinski definition) is 1. The van der Waals surface area contributed by atoms with Gasteiger partial charge in [0.25, 0.3) is 0 Å². The monoisotopic (exact) mass is 480 g/mol. The fourth-order valence-electron chi connectivity index (χ4n) is 4.35. The van der Waals surface area contributed by atoms with Crippen molar-refractivity contribution in [1.82, 2.24) is 9.55 Å². The number of nitrogens with zero attached hydrogens (tertiary/aromatic N) is 1. The van der Waals surface area contributed by atoms with Crippen LogP contribution in [-0.4, -0.2) is 9.55 Å². The van der Waals surface area contributed by atoms with Crippen LogP contribution in [0.3, 0.4) is 0 Å². The lowest BCUT2D eigenvalue weighted by Gasteiger charge is -2.11. The summed E-state index contributed by atoms with van der Waals surface area (Å²) in [5.41, 5.74) is 6.29. The molecule has 0 aliphatic carbocycles. The zero-order chi connectivity index (χ0) is 25.1. The van der Waals surface area contributed by atoms with Crippen molar-refractivity contribution in [3.05, 3.63) is 132 Å². The second-order valence-electron chi connectivity index (χ2n) is 8.78. The largest absolute Gasteiger partial charge is 0.489 e. The lowest BCUT2D eigenvalue weighted by Crippen LogP contribution is -1.98. The summed E-state index contributed by atoms with van der Waals surface area (Å²) in [5, 5.41) is 1.84. The molecule has 0 fully saturated rings. The third-order valence-electron chi connectivity index (χ3n) is 6.01. The van der Waals surface area contributed by atoms with Gasteiger partial charge in [-0.3, -0.25) is 0 Å². The van der Waals surface area contributed by atoms with Crippen LogP contribution in [0.15, 0.2) is 103 Å². The first-order valence-electron chi connectivity index (χ1n) is 11.8. The van der Waals surface area contributed by atoms with Crippen molar-refractivity contribution < 1.29 is 13.5 Å². The molecule has 0 aliphatic rings. The molecule has 2 aromatic heterocycles. The van der Waals surface area contributed by atoms with Crippen LogP contribution in [0, 0.1) is 25.5 Å². The first-order valence-corrected chi connectivity index (χ1v) is 11.8. The van der Waals surface area contributed by atoms with Crippen LogP contribution in [0.2, 0.25) is 0 Å². The number of fused-ring (bicyclic) bond motifs is 2. The van der Waals surface area contributed by atoms with E-state index in [4.69, 9.17) is 4.74 Å². The lowest BCUT2D eigenvalue weighted by atomic mass is 10.2. The summed E-state index contributed by atoms with van der Waals surface area (Å²) in [6.45, 7) is 4.53. The SMILES string of the molecule is Cc1cc2cc(F)ccc2[nH]1.Cc1cc2cc(F)ccc2n1-c1ccc(OCc2ccccc2)cc1. The molecule has 3 nitrogen and oxygen atoms in total. The Kier molecular flexibility index (Phi) is 6.54. The molecule has 6 aromatic rings. The van der Waals surface area contributed by atoms with Crippen molar-refractivity contribution in [2.24, 2.45) is 0 Å². The smallest absolute Gasteiger partial charge is 0.123 e.